The van der Waals surface area contributed by atoms with Crippen molar-refractivity contribution in [1.82, 2.24) is 0 Å². The van der Waals surface area contributed by atoms with Crippen molar-refractivity contribution in [3.63, 3.8) is 0 Å². The maximum Gasteiger partial charge on any atom is 0.125 e. The summed E-state index contributed by atoms with van der Waals surface area (Å²) in [4.78, 5) is 0.455. The number of phenolic OH excluding ortho intramolecular Hbond substituents is 1. The molecule has 21 heavy (non-hydrogen) atoms. The number of aromatic hydroxyl groups is 1. The molecule has 0 heterocycles. The van der Waals surface area contributed by atoms with Crippen LogP contribution in [0, 0.1) is 0 Å². The number of benzene rings is 2. The van der Waals surface area contributed by atoms with Crippen molar-refractivity contribution in [3.8, 4) is 5.75 Å². The monoisotopic (exact) mass is 319 g/mol. The Balaban J connectivity index is 2.07. The highest BCUT2D eigenvalue weighted by atomic mass is 35.5. The van der Waals surface area contributed by atoms with Crippen molar-refractivity contribution < 1.29 is 5.11 Å². The first-order valence-electron chi connectivity index (χ1n) is 6.99. The summed E-state index contributed by atoms with van der Waals surface area (Å²) in [7, 11) is 0. The third kappa shape index (κ3) is 4.45. The number of unbranched alkanes of at least 4 members (excludes halogenated alkanes) is 1. The molecule has 2 nitrogen and oxygen atoms in total. The molecule has 2 aromatic rings. The van der Waals surface area contributed by atoms with E-state index in [9.17, 15) is 5.11 Å². The Morgan fingerprint density at radius 2 is 1.90 bits per heavy atom. The van der Waals surface area contributed by atoms with Gasteiger partial charge in [0, 0.05) is 10.7 Å². The number of anilines is 1. The van der Waals surface area contributed by atoms with Crippen molar-refractivity contribution in [3.05, 3.63) is 58.6 Å². The Labute approximate surface area is 135 Å². The number of hydrogen-bond acceptors (Lipinski definition) is 2. The average Bonchev–Trinajstić information content (AvgIpc) is 2.49. The summed E-state index contributed by atoms with van der Waals surface area (Å²) in [5.41, 5.74) is 2.76. The van der Waals surface area contributed by atoms with Gasteiger partial charge in [-0.05, 0) is 48.7 Å². The van der Waals surface area contributed by atoms with Gasteiger partial charge in [0.2, 0.25) is 0 Å². The normalized spacial score (nSPS) is 10.4. The van der Waals surface area contributed by atoms with Crippen molar-refractivity contribution >= 4 is 34.5 Å². The number of phenols is 1. The van der Waals surface area contributed by atoms with E-state index in [0.717, 1.165) is 12.1 Å². The number of rotatable bonds is 5. The van der Waals surface area contributed by atoms with Gasteiger partial charge in [0.15, 0.2) is 0 Å². The van der Waals surface area contributed by atoms with Crippen LogP contribution < -0.4 is 5.32 Å². The molecule has 0 aliphatic rings. The average molecular weight is 320 g/mol. The number of thiocarbonyl (C=S) groups is 1. The van der Waals surface area contributed by atoms with Crippen LogP contribution in [0.5, 0.6) is 5.75 Å². The lowest BCUT2D eigenvalue weighted by Crippen LogP contribution is -2.10. The predicted molar refractivity (Wildman–Crippen MR) is 93.5 cm³/mol. The molecule has 110 valence electrons. The minimum Gasteiger partial charge on any atom is -0.507 e. The molecule has 0 fully saturated rings. The number of nitrogens with one attached hydrogen (secondary N) is 1. The molecule has 4 heteroatoms. The highest BCUT2D eigenvalue weighted by Crippen LogP contribution is 2.23. The molecule has 0 bridgehead atoms. The van der Waals surface area contributed by atoms with Gasteiger partial charge >= 0.3 is 0 Å². The molecule has 0 aliphatic heterocycles. The Kier molecular flexibility index (Phi) is 5.59. The van der Waals surface area contributed by atoms with Crippen molar-refractivity contribution in [2.45, 2.75) is 26.2 Å². The van der Waals surface area contributed by atoms with Gasteiger partial charge in [-0.3, -0.25) is 0 Å². The Morgan fingerprint density at radius 3 is 2.57 bits per heavy atom. The molecular formula is C17H18ClNOS. The second-order valence-corrected chi connectivity index (χ2v) is 5.76. The van der Waals surface area contributed by atoms with Crippen LogP contribution >= 0.6 is 23.8 Å². The van der Waals surface area contributed by atoms with E-state index in [4.69, 9.17) is 23.8 Å². The summed E-state index contributed by atoms with van der Waals surface area (Å²) < 4.78 is 0. The standard InChI is InChI=1S/C17H18ClNOS/c1-2-3-4-12-5-8-14(9-6-12)19-17(21)15-11-13(18)7-10-16(15)20/h5-11,20H,2-4H2,1H3,(H,19,21). The van der Waals surface area contributed by atoms with E-state index in [2.05, 4.69) is 24.4 Å². The Hall–Kier alpha value is -1.58. The first kappa shape index (κ1) is 15.8. The van der Waals surface area contributed by atoms with Gasteiger partial charge in [0.25, 0.3) is 0 Å². The molecule has 2 N–H and O–H groups in total. The van der Waals surface area contributed by atoms with Crippen molar-refractivity contribution in [1.29, 1.82) is 0 Å². The van der Waals surface area contributed by atoms with Crippen LogP contribution in [-0.4, -0.2) is 10.1 Å². The maximum absolute atomic E-state index is 9.84. The molecule has 0 atom stereocenters. The summed E-state index contributed by atoms with van der Waals surface area (Å²) in [5.74, 6) is 0.122. The molecule has 0 saturated carbocycles. The van der Waals surface area contributed by atoms with Crippen molar-refractivity contribution in [2.24, 2.45) is 0 Å². The third-order valence-electron chi connectivity index (χ3n) is 3.23. The van der Waals surface area contributed by atoms with Crippen molar-refractivity contribution in [2.75, 3.05) is 5.32 Å². The van der Waals surface area contributed by atoms with Crippen LogP contribution in [0.4, 0.5) is 5.69 Å². The zero-order valence-corrected chi connectivity index (χ0v) is 13.5. The largest absolute Gasteiger partial charge is 0.507 e. The molecule has 0 aromatic heterocycles. The van der Waals surface area contributed by atoms with Gasteiger partial charge in [0.1, 0.15) is 10.7 Å². The highest BCUT2D eigenvalue weighted by Gasteiger charge is 2.08. The zero-order valence-electron chi connectivity index (χ0n) is 11.9. The quantitative estimate of drug-likeness (QED) is 0.745. The molecule has 0 amide bonds. The second-order valence-electron chi connectivity index (χ2n) is 4.92. The van der Waals surface area contributed by atoms with Crippen LogP contribution in [0.15, 0.2) is 42.5 Å². The van der Waals surface area contributed by atoms with E-state index in [-0.39, 0.29) is 5.75 Å². The fraction of sp³-hybridized carbons (Fsp3) is 0.235. The summed E-state index contributed by atoms with van der Waals surface area (Å²) in [6, 6.07) is 13.0. The van der Waals surface area contributed by atoms with Gasteiger partial charge in [-0.2, -0.15) is 0 Å². The van der Waals surface area contributed by atoms with Crippen LogP contribution in [0.2, 0.25) is 5.02 Å². The zero-order chi connectivity index (χ0) is 15.2. The van der Waals surface area contributed by atoms with Gasteiger partial charge in [-0.25, -0.2) is 0 Å². The van der Waals surface area contributed by atoms with Crippen LogP contribution in [-0.2, 0) is 6.42 Å². The Morgan fingerprint density at radius 1 is 1.19 bits per heavy atom. The number of halogens is 1. The molecule has 0 unspecified atom stereocenters. The second kappa shape index (κ2) is 7.43. The topological polar surface area (TPSA) is 32.3 Å². The van der Waals surface area contributed by atoms with E-state index in [1.807, 2.05) is 12.1 Å². The van der Waals surface area contributed by atoms with E-state index in [0.29, 0.717) is 15.6 Å². The summed E-state index contributed by atoms with van der Waals surface area (Å²) in [5, 5.41) is 13.5. The molecule has 2 aromatic carbocycles. The van der Waals surface area contributed by atoms with E-state index < -0.39 is 0 Å². The molecular weight excluding hydrogens is 302 g/mol. The molecule has 0 saturated heterocycles. The fourth-order valence-corrected chi connectivity index (χ4v) is 2.48. The summed E-state index contributed by atoms with van der Waals surface area (Å²) >= 11 is 11.3. The van der Waals surface area contributed by atoms with Crippen LogP contribution in [0.25, 0.3) is 0 Å². The lowest BCUT2D eigenvalue weighted by Gasteiger charge is -2.10. The van der Waals surface area contributed by atoms with Gasteiger partial charge in [-0.1, -0.05) is 49.3 Å². The molecule has 0 aliphatic carbocycles. The van der Waals surface area contributed by atoms with Gasteiger partial charge in [0.05, 0.1) is 5.56 Å². The summed E-state index contributed by atoms with van der Waals surface area (Å²) in [6.07, 6.45) is 3.48. The van der Waals surface area contributed by atoms with E-state index in [1.165, 1.54) is 18.4 Å². The SMILES string of the molecule is CCCCc1ccc(NC(=S)c2cc(Cl)ccc2O)cc1. The summed E-state index contributed by atoms with van der Waals surface area (Å²) in [6.45, 7) is 2.19. The Bertz CT molecular complexity index is 625. The first-order valence-corrected chi connectivity index (χ1v) is 7.77. The van der Waals surface area contributed by atoms with E-state index in [1.54, 1.807) is 18.2 Å². The smallest absolute Gasteiger partial charge is 0.125 e. The predicted octanol–water partition coefficient (Wildman–Crippen LogP) is 5.18. The molecule has 2 rings (SSSR count). The van der Waals surface area contributed by atoms with Gasteiger partial charge < -0.3 is 10.4 Å². The highest BCUT2D eigenvalue weighted by molar-refractivity contribution is 7.81. The molecule has 0 spiro atoms. The maximum atomic E-state index is 9.84. The minimum absolute atomic E-state index is 0.122. The lowest BCUT2D eigenvalue weighted by molar-refractivity contribution is 0.474. The lowest BCUT2D eigenvalue weighted by atomic mass is 10.1. The third-order valence-corrected chi connectivity index (χ3v) is 3.79. The van der Waals surface area contributed by atoms with E-state index >= 15 is 0 Å². The number of hydrogen-bond donors (Lipinski definition) is 2. The van der Waals surface area contributed by atoms with Gasteiger partial charge in [-0.15, -0.1) is 0 Å². The first-order chi connectivity index (χ1) is 10.1. The molecule has 0 radical (unpaired) electrons. The van der Waals surface area contributed by atoms with Crippen LogP contribution in [0.3, 0.4) is 0 Å². The van der Waals surface area contributed by atoms with Crippen LogP contribution in [0.1, 0.15) is 30.9 Å². The fourth-order valence-electron chi connectivity index (χ4n) is 2.02. The minimum atomic E-state index is 0.122. The number of aryl methyl sites for hydroxylation is 1.